The molecule has 0 spiro atoms. The first-order valence-electron chi connectivity index (χ1n) is 6.08. The normalized spacial score (nSPS) is 18.6. The Balaban J connectivity index is 1.95. The number of phenols is 1. The molecule has 1 atom stereocenters. The van der Waals surface area contributed by atoms with E-state index in [9.17, 15) is 9.90 Å². The van der Waals surface area contributed by atoms with Gasteiger partial charge in [-0.2, -0.15) is 0 Å². The van der Waals surface area contributed by atoms with Crippen molar-refractivity contribution in [1.82, 2.24) is 5.32 Å². The SMILES string of the molecule is O=C(NCC1CC=CCC1)c1cc(Cl)ccc1O. The molecule has 1 aliphatic carbocycles. The van der Waals surface area contributed by atoms with Crippen LogP contribution in [0.15, 0.2) is 30.4 Å². The topological polar surface area (TPSA) is 49.3 Å². The van der Waals surface area contributed by atoms with E-state index < -0.39 is 0 Å². The van der Waals surface area contributed by atoms with Gasteiger partial charge in [-0.05, 0) is 43.4 Å². The molecule has 1 aromatic rings. The van der Waals surface area contributed by atoms with E-state index in [4.69, 9.17) is 11.6 Å². The van der Waals surface area contributed by atoms with Gasteiger partial charge in [0.15, 0.2) is 0 Å². The molecule has 1 aromatic carbocycles. The molecule has 1 unspecified atom stereocenters. The monoisotopic (exact) mass is 265 g/mol. The molecule has 0 radical (unpaired) electrons. The van der Waals surface area contributed by atoms with Gasteiger partial charge in [0.1, 0.15) is 5.75 Å². The number of amides is 1. The Morgan fingerprint density at radius 1 is 1.44 bits per heavy atom. The van der Waals surface area contributed by atoms with Gasteiger partial charge in [-0.3, -0.25) is 4.79 Å². The van der Waals surface area contributed by atoms with Gasteiger partial charge in [-0.15, -0.1) is 0 Å². The first-order valence-corrected chi connectivity index (χ1v) is 6.46. The van der Waals surface area contributed by atoms with Crippen molar-refractivity contribution in [2.75, 3.05) is 6.54 Å². The minimum atomic E-state index is -0.274. The van der Waals surface area contributed by atoms with Gasteiger partial charge in [0.2, 0.25) is 0 Å². The number of hydrogen-bond acceptors (Lipinski definition) is 2. The van der Waals surface area contributed by atoms with E-state index in [1.54, 1.807) is 6.07 Å². The van der Waals surface area contributed by atoms with Crippen molar-refractivity contribution in [3.8, 4) is 5.75 Å². The summed E-state index contributed by atoms with van der Waals surface area (Å²) in [4.78, 5) is 11.9. The average molecular weight is 266 g/mol. The average Bonchev–Trinajstić information content (AvgIpc) is 2.40. The van der Waals surface area contributed by atoms with E-state index >= 15 is 0 Å². The molecule has 3 nitrogen and oxygen atoms in total. The smallest absolute Gasteiger partial charge is 0.255 e. The summed E-state index contributed by atoms with van der Waals surface area (Å²) in [6.07, 6.45) is 7.49. The van der Waals surface area contributed by atoms with Gasteiger partial charge in [0.05, 0.1) is 5.56 Å². The lowest BCUT2D eigenvalue weighted by Crippen LogP contribution is -2.29. The number of halogens is 1. The molecule has 96 valence electrons. The van der Waals surface area contributed by atoms with Crippen LogP contribution in [0.25, 0.3) is 0 Å². The Hall–Kier alpha value is -1.48. The fourth-order valence-electron chi connectivity index (χ4n) is 2.06. The van der Waals surface area contributed by atoms with E-state index in [1.165, 1.54) is 12.1 Å². The van der Waals surface area contributed by atoms with Crippen molar-refractivity contribution >= 4 is 17.5 Å². The molecule has 0 aliphatic heterocycles. The van der Waals surface area contributed by atoms with Crippen LogP contribution in [0.1, 0.15) is 29.6 Å². The van der Waals surface area contributed by atoms with Crippen LogP contribution in [0.2, 0.25) is 5.02 Å². The molecule has 18 heavy (non-hydrogen) atoms. The standard InChI is InChI=1S/C14H16ClNO2/c15-11-6-7-13(17)12(8-11)14(18)16-9-10-4-2-1-3-5-10/h1-2,6-8,10,17H,3-5,9H2,(H,16,18). The molecule has 0 bridgehead atoms. The summed E-state index contributed by atoms with van der Waals surface area (Å²) in [5, 5.41) is 12.9. The van der Waals surface area contributed by atoms with E-state index in [0.29, 0.717) is 17.5 Å². The molecular weight excluding hydrogens is 250 g/mol. The molecule has 2 N–H and O–H groups in total. The molecule has 0 aromatic heterocycles. The van der Waals surface area contributed by atoms with Crippen LogP contribution in [0.4, 0.5) is 0 Å². The highest BCUT2D eigenvalue weighted by Gasteiger charge is 2.14. The second-order valence-electron chi connectivity index (χ2n) is 4.52. The zero-order valence-electron chi connectivity index (χ0n) is 10.0. The van der Waals surface area contributed by atoms with Crippen molar-refractivity contribution in [3.05, 3.63) is 40.9 Å². The Morgan fingerprint density at radius 3 is 3.00 bits per heavy atom. The predicted molar refractivity (Wildman–Crippen MR) is 71.9 cm³/mol. The van der Waals surface area contributed by atoms with E-state index in [0.717, 1.165) is 19.3 Å². The Labute approximate surface area is 111 Å². The summed E-state index contributed by atoms with van der Waals surface area (Å²) in [6, 6.07) is 4.47. The van der Waals surface area contributed by atoms with Crippen LogP contribution < -0.4 is 5.32 Å². The quantitative estimate of drug-likeness (QED) is 0.825. The van der Waals surface area contributed by atoms with Crippen molar-refractivity contribution in [2.24, 2.45) is 5.92 Å². The van der Waals surface area contributed by atoms with Crippen LogP contribution in [0.5, 0.6) is 5.75 Å². The van der Waals surface area contributed by atoms with Crippen molar-refractivity contribution in [3.63, 3.8) is 0 Å². The van der Waals surface area contributed by atoms with Gasteiger partial charge in [0.25, 0.3) is 5.91 Å². The van der Waals surface area contributed by atoms with Crippen LogP contribution in [0.3, 0.4) is 0 Å². The second kappa shape index (κ2) is 5.91. The van der Waals surface area contributed by atoms with Crippen molar-refractivity contribution in [1.29, 1.82) is 0 Å². The fraction of sp³-hybridized carbons (Fsp3) is 0.357. The molecule has 0 saturated heterocycles. The largest absolute Gasteiger partial charge is 0.507 e. The van der Waals surface area contributed by atoms with Crippen molar-refractivity contribution < 1.29 is 9.90 Å². The Kier molecular flexibility index (Phi) is 4.26. The molecule has 1 amide bonds. The highest BCUT2D eigenvalue weighted by molar-refractivity contribution is 6.31. The summed E-state index contributed by atoms with van der Waals surface area (Å²) in [7, 11) is 0. The maximum atomic E-state index is 11.9. The van der Waals surface area contributed by atoms with Gasteiger partial charge in [-0.25, -0.2) is 0 Å². The summed E-state index contributed by atoms with van der Waals surface area (Å²) in [5.74, 6) is 0.172. The third-order valence-electron chi connectivity index (χ3n) is 3.13. The number of allylic oxidation sites excluding steroid dienone is 2. The third kappa shape index (κ3) is 3.26. The van der Waals surface area contributed by atoms with Gasteiger partial charge < -0.3 is 10.4 Å². The number of carbonyl (C=O) groups is 1. The van der Waals surface area contributed by atoms with Crippen LogP contribution in [-0.4, -0.2) is 17.6 Å². The number of nitrogens with one attached hydrogen (secondary N) is 1. The summed E-state index contributed by atoms with van der Waals surface area (Å²) in [6.45, 7) is 0.634. The summed E-state index contributed by atoms with van der Waals surface area (Å²) in [5.41, 5.74) is 0.230. The van der Waals surface area contributed by atoms with Crippen LogP contribution in [0, 0.1) is 5.92 Å². The van der Waals surface area contributed by atoms with Crippen LogP contribution in [-0.2, 0) is 0 Å². The predicted octanol–water partition coefficient (Wildman–Crippen LogP) is 3.13. The van der Waals surface area contributed by atoms with E-state index in [-0.39, 0.29) is 17.2 Å². The lowest BCUT2D eigenvalue weighted by atomic mass is 9.94. The van der Waals surface area contributed by atoms with Crippen LogP contribution >= 0.6 is 11.6 Å². The van der Waals surface area contributed by atoms with Crippen molar-refractivity contribution in [2.45, 2.75) is 19.3 Å². The van der Waals surface area contributed by atoms with E-state index in [1.807, 2.05) is 0 Å². The Bertz CT molecular complexity index is 471. The maximum absolute atomic E-state index is 11.9. The van der Waals surface area contributed by atoms with Gasteiger partial charge >= 0.3 is 0 Å². The number of carbonyl (C=O) groups excluding carboxylic acids is 1. The highest BCUT2D eigenvalue weighted by atomic mass is 35.5. The minimum Gasteiger partial charge on any atom is -0.507 e. The number of rotatable bonds is 3. The molecule has 4 heteroatoms. The van der Waals surface area contributed by atoms with Gasteiger partial charge in [0, 0.05) is 11.6 Å². The lowest BCUT2D eigenvalue weighted by molar-refractivity contribution is 0.0943. The molecule has 2 rings (SSSR count). The third-order valence-corrected chi connectivity index (χ3v) is 3.37. The van der Waals surface area contributed by atoms with Gasteiger partial charge in [-0.1, -0.05) is 23.8 Å². The fourth-order valence-corrected chi connectivity index (χ4v) is 2.24. The zero-order valence-corrected chi connectivity index (χ0v) is 10.8. The number of benzene rings is 1. The number of hydrogen-bond donors (Lipinski definition) is 2. The first-order chi connectivity index (χ1) is 8.66. The molecule has 0 fully saturated rings. The second-order valence-corrected chi connectivity index (χ2v) is 4.96. The van der Waals surface area contributed by atoms with E-state index in [2.05, 4.69) is 17.5 Å². The Morgan fingerprint density at radius 2 is 2.28 bits per heavy atom. The first kappa shape index (κ1) is 13.0. The molecule has 0 heterocycles. The lowest BCUT2D eigenvalue weighted by Gasteiger charge is -2.18. The number of phenolic OH excluding ortho intramolecular Hbond substituents is 1. The summed E-state index contributed by atoms with van der Waals surface area (Å²) >= 11 is 5.81. The summed E-state index contributed by atoms with van der Waals surface area (Å²) < 4.78 is 0. The molecule has 0 saturated carbocycles. The maximum Gasteiger partial charge on any atom is 0.255 e. The molecule has 1 aliphatic rings. The molecular formula is C14H16ClNO2. The minimum absolute atomic E-state index is 0.0413. The number of aromatic hydroxyl groups is 1. The highest BCUT2D eigenvalue weighted by Crippen LogP contribution is 2.22. The zero-order chi connectivity index (χ0) is 13.0.